The Morgan fingerprint density at radius 2 is 1.90 bits per heavy atom. The molecule has 6 nitrogen and oxygen atoms in total. The minimum Gasteiger partial charge on any atom is -0.356 e. The maximum atomic E-state index is 12.6. The monoisotopic (exact) mass is 442 g/mol. The van der Waals surface area contributed by atoms with Crippen molar-refractivity contribution in [2.75, 3.05) is 12.3 Å². The minimum atomic E-state index is -0.0990. The summed E-state index contributed by atoms with van der Waals surface area (Å²) in [6.07, 6.45) is 1.44. The fraction of sp³-hybridized carbons (Fsp3) is 0.273. The predicted molar refractivity (Wildman–Crippen MR) is 120 cm³/mol. The molecule has 0 spiro atoms. The molecule has 1 N–H and O–H groups in total. The molecule has 8 heteroatoms. The summed E-state index contributed by atoms with van der Waals surface area (Å²) < 4.78 is 1.88. The molecule has 3 rings (SSSR count). The highest BCUT2D eigenvalue weighted by atomic mass is 35.5. The number of benzene rings is 2. The second-order valence-electron chi connectivity index (χ2n) is 6.71. The molecule has 156 valence electrons. The van der Waals surface area contributed by atoms with Gasteiger partial charge < -0.3 is 5.32 Å². The van der Waals surface area contributed by atoms with E-state index < -0.39 is 0 Å². The number of ketones is 1. The third-order valence-electron chi connectivity index (χ3n) is 4.51. The quantitative estimate of drug-likeness (QED) is 0.398. The van der Waals surface area contributed by atoms with Crippen LogP contribution >= 0.6 is 23.4 Å². The van der Waals surface area contributed by atoms with Crippen molar-refractivity contribution in [2.45, 2.75) is 31.8 Å². The van der Waals surface area contributed by atoms with Crippen LogP contribution in [0.3, 0.4) is 0 Å². The number of halogens is 1. The molecule has 3 aromatic rings. The predicted octanol–water partition coefficient (Wildman–Crippen LogP) is 4.14. The minimum absolute atomic E-state index is 0.0306. The molecule has 1 aromatic heterocycles. The fourth-order valence-electron chi connectivity index (χ4n) is 2.92. The Balaban J connectivity index is 1.79. The molecule has 0 fully saturated rings. The summed E-state index contributed by atoms with van der Waals surface area (Å²) in [5, 5.41) is 12.5. The number of nitrogens with zero attached hydrogens (tertiary/aromatic N) is 3. The van der Waals surface area contributed by atoms with Crippen molar-refractivity contribution in [2.24, 2.45) is 0 Å². The number of aryl methyl sites for hydroxylation is 1. The standard InChI is InChI=1S/C22H23ClN4O2S/c1-3-16-7-9-17(10-8-16)20(29)14-30-22-26-25-21(11-12-24-15(2)28)27(22)19-6-4-5-18(23)13-19/h4-10,13H,3,11-12,14H2,1-2H3,(H,24,28). The van der Waals surface area contributed by atoms with Crippen molar-refractivity contribution in [1.29, 1.82) is 0 Å². The summed E-state index contributed by atoms with van der Waals surface area (Å²) >= 11 is 7.50. The van der Waals surface area contributed by atoms with E-state index in [0.717, 1.165) is 12.1 Å². The second-order valence-corrected chi connectivity index (χ2v) is 8.09. The van der Waals surface area contributed by atoms with Gasteiger partial charge >= 0.3 is 0 Å². The van der Waals surface area contributed by atoms with Gasteiger partial charge in [0, 0.05) is 30.5 Å². The van der Waals surface area contributed by atoms with Crippen LogP contribution in [-0.2, 0) is 17.6 Å². The van der Waals surface area contributed by atoms with Crippen LogP contribution < -0.4 is 5.32 Å². The van der Waals surface area contributed by atoms with Gasteiger partial charge in [0.1, 0.15) is 5.82 Å². The van der Waals surface area contributed by atoms with Crippen molar-refractivity contribution in [1.82, 2.24) is 20.1 Å². The Morgan fingerprint density at radius 3 is 2.57 bits per heavy atom. The van der Waals surface area contributed by atoms with E-state index in [2.05, 4.69) is 22.4 Å². The number of thioether (sulfide) groups is 1. The molecular formula is C22H23ClN4O2S. The van der Waals surface area contributed by atoms with E-state index in [-0.39, 0.29) is 17.4 Å². The highest BCUT2D eigenvalue weighted by Crippen LogP contribution is 2.25. The van der Waals surface area contributed by atoms with Gasteiger partial charge in [-0.25, -0.2) is 0 Å². The van der Waals surface area contributed by atoms with Crippen LogP contribution in [0.5, 0.6) is 0 Å². The third kappa shape index (κ3) is 5.70. The number of aromatic nitrogens is 3. The van der Waals surface area contributed by atoms with Crippen molar-refractivity contribution in [3.63, 3.8) is 0 Å². The topological polar surface area (TPSA) is 76.9 Å². The third-order valence-corrected chi connectivity index (χ3v) is 5.67. The molecule has 0 saturated heterocycles. The average Bonchev–Trinajstić information content (AvgIpc) is 3.14. The van der Waals surface area contributed by atoms with Gasteiger partial charge in [0.05, 0.1) is 11.4 Å². The van der Waals surface area contributed by atoms with Gasteiger partial charge in [-0.3, -0.25) is 14.2 Å². The molecule has 0 aliphatic carbocycles. The lowest BCUT2D eigenvalue weighted by molar-refractivity contribution is -0.118. The molecule has 0 bridgehead atoms. The summed E-state index contributed by atoms with van der Waals surface area (Å²) in [6, 6.07) is 15.1. The Kier molecular flexibility index (Phi) is 7.65. The van der Waals surface area contributed by atoms with Crippen molar-refractivity contribution in [3.8, 4) is 5.69 Å². The first-order chi connectivity index (χ1) is 14.5. The molecule has 0 saturated carbocycles. The van der Waals surface area contributed by atoms with Crippen LogP contribution in [0, 0.1) is 0 Å². The number of hydrogen-bond acceptors (Lipinski definition) is 5. The zero-order chi connectivity index (χ0) is 21.5. The number of Topliss-reactive ketones (excluding diaryl/α,β-unsaturated/α-hetero) is 1. The largest absolute Gasteiger partial charge is 0.356 e. The van der Waals surface area contributed by atoms with Gasteiger partial charge in [0.25, 0.3) is 0 Å². The molecular weight excluding hydrogens is 420 g/mol. The van der Waals surface area contributed by atoms with E-state index in [1.807, 2.05) is 47.0 Å². The Hall–Kier alpha value is -2.64. The number of nitrogens with one attached hydrogen (secondary N) is 1. The lowest BCUT2D eigenvalue weighted by Gasteiger charge is -2.11. The van der Waals surface area contributed by atoms with E-state index in [0.29, 0.717) is 34.5 Å². The first-order valence-corrected chi connectivity index (χ1v) is 11.0. The van der Waals surface area contributed by atoms with Gasteiger partial charge in [-0.2, -0.15) is 0 Å². The molecule has 0 unspecified atom stereocenters. The van der Waals surface area contributed by atoms with Gasteiger partial charge in [0.2, 0.25) is 5.91 Å². The summed E-state index contributed by atoms with van der Waals surface area (Å²) in [4.78, 5) is 23.8. The van der Waals surface area contributed by atoms with Gasteiger partial charge in [-0.05, 0) is 30.2 Å². The lowest BCUT2D eigenvalue weighted by Crippen LogP contribution is -2.23. The SMILES string of the molecule is CCc1ccc(C(=O)CSc2nnc(CCNC(C)=O)n2-c2cccc(Cl)c2)cc1. The number of hydrogen-bond donors (Lipinski definition) is 1. The van der Waals surface area contributed by atoms with E-state index in [9.17, 15) is 9.59 Å². The van der Waals surface area contributed by atoms with Crippen LogP contribution in [0.4, 0.5) is 0 Å². The summed E-state index contributed by atoms with van der Waals surface area (Å²) in [7, 11) is 0. The van der Waals surface area contributed by atoms with Crippen LogP contribution in [0.15, 0.2) is 53.7 Å². The first-order valence-electron chi connectivity index (χ1n) is 9.67. The molecule has 0 aliphatic heterocycles. The summed E-state index contributed by atoms with van der Waals surface area (Å²) in [6.45, 7) is 4.00. The van der Waals surface area contributed by atoms with Crippen LogP contribution in [0.1, 0.15) is 35.6 Å². The molecule has 30 heavy (non-hydrogen) atoms. The van der Waals surface area contributed by atoms with E-state index >= 15 is 0 Å². The van der Waals surface area contributed by atoms with Gasteiger partial charge in [-0.15, -0.1) is 10.2 Å². The first kappa shape index (κ1) is 22.1. The molecule has 1 amide bonds. The smallest absolute Gasteiger partial charge is 0.216 e. The summed E-state index contributed by atoms with van der Waals surface area (Å²) in [5.41, 5.74) is 2.69. The van der Waals surface area contributed by atoms with E-state index in [1.165, 1.54) is 24.2 Å². The molecule has 0 atom stereocenters. The number of carbonyl (C=O) groups excluding carboxylic acids is 2. The van der Waals surface area contributed by atoms with Crippen molar-refractivity contribution < 1.29 is 9.59 Å². The highest BCUT2D eigenvalue weighted by molar-refractivity contribution is 7.99. The van der Waals surface area contributed by atoms with Crippen LogP contribution in [0.2, 0.25) is 5.02 Å². The van der Waals surface area contributed by atoms with Crippen LogP contribution in [0.25, 0.3) is 5.69 Å². The molecule has 0 aliphatic rings. The maximum Gasteiger partial charge on any atom is 0.216 e. The Bertz CT molecular complexity index is 1030. The zero-order valence-electron chi connectivity index (χ0n) is 16.9. The van der Waals surface area contributed by atoms with Gasteiger partial charge in [-0.1, -0.05) is 60.6 Å². The number of rotatable bonds is 9. The fourth-order valence-corrected chi connectivity index (χ4v) is 3.97. The van der Waals surface area contributed by atoms with Crippen molar-refractivity contribution >= 4 is 35.1 Å². The summed E-state index contributed by atoms with van der Waals surface area (Å²) in [5.74, 6) is 0.866. The zero-order valence-corrected chi connectivity index (χ0v) is 18.5. The second kappa shape index (κ2) is 10.4. The number of carbonyl (C=O) groups is 2. The molecule has 2 aromatic carbocycles. The molecule has 0 radical (unpaired) electrons. The molecule has 1 heterocycles. The lowest BCUT2D eigenvalue weighted by atomic mass is 10.1. The van der Waals surface area contributed by atoms with Crippen LogP contribution in [-0.4, -0.2) is 38.8 Å². The number of amides is 1. The normalized spacial score (nSPS) is 10.8. The van der Waals surface area contributed by atoms with Gasteiger partial charge in [0.15, 0.2) is 10.9 Å². The Morgan fingerprint density at radius 1 is 1.13 bits per heavy atom. The van der Waals surface area contributed by atoms with E-state index in [1.54, 1.807) is 6.07 Å². The maximum absolute atomic E-state index is 12.6. The van der Waals surface area contributed by atoms with Crippen molar-refractivity contribution in [3.05, 3.63) is 70.5 Å². The highest BCUT2D eigenvalue weighted by Gasteiger charge is 2.17. The van der Waals surface area contributed by atoms with E-state index in [4.69, 9.17) is 11.6 Å². The average molecular weight is 443 g/mol. The Labute approximate surface area is 185 Å².